The Morgan fingerprint density at radius 2 is 1.67 bits per heavy atom. The summed E-state index contributed by atoms with van der Waals surface area (Å²) in [4.78, 5) is 0. The normalized spacial score (nSPS) is 34.1. The average Bonchev–Trinajstić information content (AvgIpc) is 3.19. The zero-order valence-electron chi connectivity index (χ0n) is 18.3. The minimum absolute atomic E-state index is 0.325. The van der Waals surface area contributed by atoms with Gasteiger partial charge in [-0.25, -0.2) is 0 Å². The number of rotatable bonds is 5. The van der Waals surface area contributed by atoms with Crippen LogP contribution < -0.4 is 9.47 Å². The van der Waals surface area contributed by atoms with Crippen molar-refractivity contribution in [2.24, 2.45) is 17.8 Å². The van der Waals surface area contributed by atoms with Crippen LogP contribution in [-0.2, 0) is 18.4 Å². The van der Waals surface area contributed by atoms with Crippen LogP contribution in [0.4, 0.5) is 0 Å². The number of ether oxygens (including phenoxy) is 2. The number of hydrogen-bond acceptors (Lipinski definition) is 4. The smallest absolute Gasteiger partial charge is 0.160 e. The quantitative estimate of drug-likeness (QED) is 0.709. The number of methoxy groups -OCH3 is 2. The van der Waals surface area contributed by atoms with Gasteiger partial charge in [0.25, 0.3) is 0 Å². The summed E-state index contributed by atoms with van der Waals surface area (Å²) in [6.45, 7) is 1.10. The van der Waals surface area contributed by atoms with Crippen LogP contribution in [0.15, 0.2) is 18.2 Å². The molecule has 4 saturated carbocycles. The zero-order chi connectivity index (χ0) is 20.3. The summed E-state index contributed by atoms with van der Waals surface area (Å²) in [5.74, 6) is 7.42. The van der Waals surface area contributed by atoms with E-state index < -0.39 is 0 Å². The largest absolute Gasteiger partial charge is 0.493 e. The molecule has 30 heavy (non-hydrogen) atoms. The molecule has 4 aliphatic carbocycles. The lowest BCUT2D eigenvalue weighted by molar-refractivity contribution is -0.0114. The molecule has 7 rings (SSSR count). The van der Waals surface area contributed by atoms with Crippen molar-refractivity contribution in [2.75, 3.05) is 14.2 Å². The summed E-state index contributed by atoms with van der Waals surface area (Å²) >= 11 is 0. The molecule has 0 radical (unpaired) electrons. The molecule has 0 spiro atoms. The number of fused-ring (bicyclic) bond motifs is 1. The molecule has 5 aliphatic rings. The van der Waals surface area contributed by atoms with E-state index in [0.717, 1.165) is 42.2 Å². The predicted octanol–water partition coefficient (Wildman–Crippen LogP) is 4.88. The highest BCUT2D eigenvalue weighted by molar-refractivity contribution is 5.43. The lowest BCUT2D eigenvalue weighted by Crippen LogP contribution is -2.50. The third kappa shape index (κ3) is 2.88. The minimum Gasteiger partial charge on any atom is -0.493 e. The maximum Gasteiger partial charge on any atom is 0.160 e. The van der Waals surface area contributed by atoms with Crippen LogP contribution in [0.1, 0.15) is 74.5 Å². The van der Waals surface area contributed by atoms with Crippen molar-refractivity contribution in [1.29, 1.82) is 0 Å². The number of hydrogen-bond donors (Lipinski definition) is 0. The van der Waals surface area contributed by atoms with Gasteiger partial charge in [-0.15, -0.1) is 10.2 Å². The van der Waals surface area contributed by atoms with Gasteiger partial charge >= 0.3 is 0 Å². The first kappa shape index (κ1) is 18.7. The van der Waals surface area contributed by atoms with Crippen LogP contribution in [0.25, 0.3) is 0 Å². The second-order valence-electron chi connectivity index (χ2n) is 10.5. The highest BCUT2D eigenvalue weighted by Gasteiger charge is 2.54. The van der Waals surface area contributed by atoms with Crippen molar-refractivity contribution in [3.8, 4) is 11.5 Å². The highest BCUT2D eigenvalue weighted by atomic mass is 16.5. The van der Waals surface area contributed by atoms with Crippen LogP contribution in [-0.4, -0.2) is 29.0 Å². The minimum atomic E-state index is 0.325. The van der Waals surface area contributed by atoms with Gasteiger partial charge in [0.15, 0.2) is 11.5 Å². The molecule has 2 heterocycles. The van der Waals surface area contributed by atoms with Gasteiger partial charge in [-0.2, -0.15) is 0 Å². The van der Waals surface area contributed by atoms with Crippen LogP contribution in [0.3, 0.4) is 0 Å². The van der Waals surface area contributed by atoms with Gasteiger partial charge in [0.1, 0.15) is 11.6 Å². The first-order valence-corrected chi connectivity index (χ1v) is 11.8. The van der Waals surface area contributed by atoms with Gasteiger partial charge in [0, 0.05) is 17.9 Å². The molecule has 2 aromatic rings. The molecule has 5 heteroatoms. The van der Waals surface area contributed by atoms with Crippen LogP contribution in [0.2, 0.25) is 0 Å². The van der Waals surface area contributed by atoms with E-state index in [2.05, 4.69) is 16.7 Å². The Hall–Kier alpha value is -2.04. The Morgan fingerprint density at radius 1 is 0.967 bits per heavy atom. The molecular weight excluding hydrogens is 374 g/mol. The second kappa shape index (κ2) is 7.00. The summed E-state index contributed by atoms with van der Waals surface area (Å²) in [5, 5.41) is 9.73. The molecule has 1 aromatic heterocycles. The standard InChI is InChI=1S/C25H33N3O2/c1-29-21-6-5-16(12-22(21)30-2)11-20-4-3-7-28-23(20)26-27-24(28)25-13-17-8-18(14-25)10-19(9-17)15-25/h5-6,12,17-20H,3-4,7-11,13-15H2,1-2H3. The Kier molecular flexibility index (Phi) is 4.36. The van der Waals surface area contributed by atoms with Gasteiger partial charge in [0.05, 0.1) is 14.2 Å². The Labute approximate surface area is 179 Å². The Morgan fingerprint density at radius 3 is 2.33 bits per heavy atom. The fourth-order valence-electron chi connectivity index (χ4n) is 7.72. The first-order valence-electron chi connectivity index (χ1n) is 11.8. The summed E-state index contributed by atoms with van der Waals surface area (Å²) in [6, 6.07) is 6.30. The van der Waals surface area contributed by atoms with E-state index in [1.165, 1.54) is 68.6 Å². The number of nitrogens with zero attached hydrogens (tertiary/aromatic N) is 3. The van der Waals surface area contributed by atoms with Crippen LogP contribution in [0, 0.1) is 17.8 Å². The number of benzene rings is 1. The van der Waals surface area contributed by atoms with Gasteiger partial charge in [-0.05, 0) is 93.2 Å². The highest BCUT2D eigenvalue weighted by Crippen LogP contribution is 2.60. The molecule has 160 valence electrons. The van der Waals surface area contributed by atoms with E-state index in [0.29, 0.717) is 11.3 Å². The van der Waals surface area contributed by atoms with Crippen molar-refractivity contribution in [2.45, 2.75) is 75.7 Å². The monoisotopic (exact) mass is 407 g/mol. The van der Waals surface area contributed by atoms with Gasteiger partial charge in [0.2, 0.25) is 0 Å². The molecule has 0 saturated heterocycles. The first-order chi connectivity index (χ1) is 14.7. The molecule has 4 bridgehead atoms. The maximum atomic E-state index is 5.52. The third-order valence-electron chi connectivity index (χ3n) is 8.52. The van der Waals surface area contributed by atoms with Gasteiger partial charge in [-0.1, -0.05) is 6.07 Å². The lowest BCUT2D eigenvalue weighted by Gasteiger charge is -2.56. The lowest BCUT2D eigenvalue weighted by atomic mass is 9.49. The van der Waals surface area contributed by atoms with E-state index in [-0.39, 0.29) is 0 Å². The van der Waals surface area contributed by atoms with E-state index in [1.807, 2.05) is 6.07 Å². The number of aromatic nitrogens is 3. The average molecular weight is 408 g/mol. The van der Waals surface area contributed by atoms with Crippen LogP contribution in [0.5, 0.6) is 11.5 Å². The molecule has 4 fully saturated rings. The summed E-state index contributed by atoms with van der Waals surface area (Å²) < 4.78 is 13.5. The Balaban J connectivity index is 1.30. The van der Waals surface area contributed by atoms with Crippen molar-refractivity contribution >= 4 is 0 Å². The molecular formula is C25H33N3O2. The molecule has 0 N–H and O–H groups in total. The van der Waals surface area contributed by atoms with E-state index in [4.69, 9.17) is 19.7 Å². The van der Waals surface area contributed by atoms with Gasteiger partial charge < -0.3 is 14.0 Å². The van der Waals surface area contributed by atoms with E-state index in [1.54, 1.807) is 14.2 Å². The summed E-state index contributed by atoms with van der Waals surface area (Å²) in [6.07, 6.45) is 11.9. The van der Waals surface area contributed by atoms with Crippen molar-refractivity contribution in [3.05, 3.63) is 35.4 Å². The fraction of sp³-hybridized carbons (Fsp3) is 0.680. The summed E-state index contributed by atoms with van der Waals surface area (Å²) in [5.41, 5.74) is 1.61. The van der Waals surface area contributed by atoms with E-state index in [9.17, 15) is 0 Å². The summed E-state index contributed by atoms with van der Waals surface area (Å²) in [7, 11) is 3.39. The third-order valence-corrected chi connectivity index (χ3v) is 8.52. The molecule has 5 nitrogen and oxygen atoms in total. The molecule has 1 unspecified atom stereocenters. The maximum absolute atomic E-state index is 5.52. The van der Waals surface area contributed by atoms with Crippen molar-refractivity contribution in [1.82, 2.24) is 14.8 Å². The van der Waals surface area contributed by atoms with Crippen LogP contribution >= 0.6 is 0 Å². The predicted molar refractivity (Wildman–Crippen MR) is 115 cm³/mol. The molecule has 1 aromatic carbocycles. The molecule has 1 atom stereocenters. The second-order valence-corrected chi connectivity index (χ2v) is 10.5. The molecule has 0 amide bonds. The zero-order valence-corrected chi connectivity index (χ0v) is 18.3. The fourth-order valence-corrected chi connectivity index (χ4v) is 7.72. The van der Waals surface area contributed by atoms with Crippen molar-refractivity contribution < 1.29 is 9.47 Å². The SMILES string of the molecule is COc1ccc(CC2CCCn3c2nnc3C23CC4CC(CC(C4)C2)C3)cc1OC. The van der Waals surface area contributed by atoms with E-state index >= 15 is 0 Å². The van der Waals surface area contributed by atoms with Gasteiger partial charge in [-0.3, -0.25) is 0 Å². The molecule has 1 aliphatic heterocycles. The Bertz CT molecular complexity index is 915. The van der Waals surface area contributed by atoms with Crippen molar-refractivity contribution in [3.63, 3.8) is 0 Å². The topological polar surface area (TPSA) is 49.2 Å².